The minimum atomic E-state index is -0.380. The molecule has 0 aromatic carbocycles. The fourth-order valence-electron chi connectivity index (χ4n) is 1.10. The lowest BCUT2D eigenvalue weighted by Crippen LogP contribution is -2.11. The molecule has 0 amide bonds. The van der Waals surface area contributed by atoms with E-state index in [0.29, 0.717) is 5.65 Å². The van der Waals surface area contributed by atoms with Crippen LogP contribution < -0.4 is 17.0 Å². The summed E-state index contributed by atoms with van der Waals surface area (Å²) in [6.45, 7) is 0. The van der Waals surface area contributed by atoms with Crippen LogP contribution in [-0.4, -0.2) is 19.5 Å². The van der Waals surface area contributed by atoms with E-state index in [0.717, 1.165) is 0 Å². The molecule has 2 aromatic rings. The number of hydrogen-bond donors (Lipinski definition) is 3. The van der Waals surface area contributed by atoms with Crippen molar-refractivity contribution in [1.82, 2.24) is 19.5 Å². The molecule has 2 heterocycles. The van der Waals surface area contributed by atoms with Crippen molar-refractivity contribution >= 4 is 23.1 Å². The van der Waals surface area contributed by atoms with Crippen molar-refractivity contribution in [3.05, 3.63) is 10.4 Å². The van der Waals surface area contributed by atoms with Gasteiger partial charge in [-0.2, -0.15) is 4.98 Å². The van der Waals surface area contributed by atoms with Crippen LogP contribution in [0.15, 0.2) is 4.79 Å². The molecule has 0 aliphatic rings. The van der Waals surface area contributed by atoms with Gasteiger partial charge in [0.05, 0.1) is 0 Å². The van der Waals surface area contributed by atoms with Gasteiger partial charge in [0.2, 0.25) is 11.9 Å². The summed E-state index contributed by atoms with van der Waals surface area (Å²) in [5, 5.41) is 0. The molecule has 0 saturated carbocycles. The van der Waals surface area contributed by atoms with Crippen LogP contribution in [0.2, 0.25) is 0 Å². The van der Waals surface area contributed by atoms with Gasteiger partial charge in [-0.15, -0.1) is 0 Å². The normalized spacial score (nSPS) is 10.8. The van der Waals surface area contributed by atoms with E-state index in [1.54, 1.807) is 7.05 Å². The first-order valence-electron chi connectivity index (χ1n) is 3.57. The molecule has 68 valence electrons. The minimum absolute atomic E-state index is 0.0560. The monoisotopic (exact) mass is 180 g/mol. The maximum Gasteiger partial charge on any atom is 0.280 e. The number of anilines is 2. The summed E-state index contributed by atoms with van der Waals surface area (Å²) in [6.07, 6.45) is 0. The van der Waals surface area contributed by atoms with Crippen LogP contribution in [0.1, 0.15) is 0 Å². The lowest BCUT2D eigenvalue weighted by molar-refractivity contribution is 0.945. The number of nitrogens with two attached hydrogens (primary N) is 2. The number of hydrogen-bond acceptors (Lipinski definition) is 5. The highest BCUT2D eigenvalue weighted by atomic mass is 16.1. The molecule has 7 nitrogen and oxygen atoms in total. The number of nitrogen functional groups attached to an aromatic ring is 2. The maximum absolute atomic E-state index is 11.3. The average molecular weight is 180 g/mol. The molecule has 0 aliphatic heterocycles. The van der Waals surface area contributed by atoms with Crippen LogP contribution in [-0.2, 0) is 7.05 Å². The van der Waals surface area contributed by atoms with E-state index in [1.165, 1.54) is 4.57 Å². The second kappa shape index (κ2) is 2.22. The number of nitrogens with one attached hydrogen (secondary N) is 1. The molecule has 0 fully saturated rings. The van der Waals surface area contributed by atoms with E-state index in [1.807, 2.05) is 0 Å². The molecule has 5 N–H and O–H groups in total. The highest BCUT2D eigenvalue weighted by molar-refractivity contribution is 5.73. The summed E-state index contributed by atoms with van der Waals surface area (Å²) in [6, 6.07) is 0. The number of fused-ring (bicyclic) bond motifs is 1. The van der Waals surface area contributed by atoms with Gasteiger partial charge in [0.15, 0.2) is 11.2 Å². The Bertz CT molecular complexity index is 524. The Labute approximate surface area is 72.4 Å². The summed E-state index contributed by atoms with van der Waals surface area (Å²) >= 11 is 0. The fraction of sp³-hybridized carbons (Fsp3) is 0.167. The lowest BCUT2D eigenvalue weighted by atomic mass is 10.5. The molecule has 0 unspecified atom stereocenters. The number of aryl methyl sites for hydroxylation is 1. The zero-order valence-corrected chi connectivity index (χ0v) is 6.90. The Morgan fingerprint density at radius 1 is 1.38 bits per heavy atom. The second-order valence-corrected chi connectivity index (χ2v) is 2.65. The molecule has 2 aromatic heterocycles. The van der Waals surface area contributed by atoms with Gasteiger partial charge in [-0.25, -0.2) is 4.98 Å². The van der Waals surface area contributed by atoms with Crippen molar-refractivity contribution in [2.45, 2.75) is 0 Å². The van der Waals surface area contributed by atoms with Gasteiger partial charge < -0.3 is 11.5 Å². The Morgan fingerprint density at radius 3 is 2.77 bits per heavy atom. The quantitative estimate of drug-likeness (QED) is 0.472. The van der Waals surface area contributed by atoms with Gasteiger partial charge in [-0.3, -0.25) is 14.3 Å². The van der Waals surface area contributed by atoms with Crippen LogP contribution in [0.25, 0.3) is 11.2 Å². The molecule has 0 spiro atoms. The van der Waals surface area contributed by atoms with E-state index in [-0.39, 0.29) is 23.0 Å². The van der Waals surface area contributed by atoms with Crippen molar-refractivity contribution in [3.63, 3.8) is 0 Å². The zero-order chi connectivity index (χ0) is 9.59. The van der Waals surface area contributed by atoms with Crippen molar-refractivity contribution in [2.75, 3.05) is 11.5 Å². The molecule has 0 aliphatic carbocycles. The van der Waals surface area contributed by atoms with Gasteiger partial charge in [-0.05, 0) is 0 Å². The van der Waals surface area contributed by atoms with E-state index in [9.17, 15) is 4.79 Å². The van der Waals surface area contributed by atoms with Crippen LogP contribution in [0.4, 0.5) is 11.9 Å². The molecule has 13 heavy (non-hydrogen) atoms. The minimum Gasteiger partial charge on any atom is -0.369 e. The van der Waals surface area contributed by atoms with Gasteiger partial charge >= 0.3 is 0 Å². The van der Waals surface area contributed by atoms with Gasteiger partial charge in [0.1, 0.15) is 0 Å². The lowest BCUT2D eigenvalue weighted by Gasteiger charge is -1.95. The van der Waals surface area contributed by atoms with Crippen molar-refractivity contribution in [2.24, 2.45) is 7.05 Å². The largest absolute Gasteiger partial charge is 0.369 e. The fourth-order valence-corrected chi connectivity index (χ4v) is 1.10. The molecule has 0 bridgehead atoms. The summed E-state index contributed by atoms with van der Waals surface area (Å²) in [5.74, 6) is 0.291. The predicted octanol–water partition coefficient (Wildman–Crippen LogP) is -1.18. The maximum atomic E-state index is 11.3. The third-order valence-electron chi connectivity index (χ3n) is 1.78. The first-order chi connectivity index (χ1) is 6.09. The van der Waals surface area contributed by atoms with Crippen molar-refractivity contribution in [3.8, 4) is 0 Å². The topological polar surface area (TPSA) is 116 Å². The highest BCUT2D eigenvalue weighted by Gasteiger charge is 2.09. The van der Waals surface area contributed by atoms with E-state index < -0.39 is 0 Å². The third kappa shape index (κ3) is 0.934. The van der Waals surface area contributed by atoms with Crippen LogP contribution in [0.3, 0.4) is 0 Å². The Balaban J connectivity index is 3.03. The first kappa shape index (κ1) is 7.59. The van der Waals surface area contributed by atoms with Gasteiger partial charge in [0.25, 0.3) is 5.56 Å². The molecule has 0 saturated heterocycles. The Kier molecular flexibility index (Phi) is 1.30. The average Bonchev–Trinajstić information content (AvgIpc) is 2.32. The summed E-state index contributed by atoms with van der Waals surface area (Å²) in [5.41, 5.74) is 11.1. The van der Waals surface area contributed by atoms with Gasteiger partial charge in [0, 0.05) is 7.05 Å². The van der Waals surface area contributed by atoms with Crippen LogP contribution in [0, 0.1) is 0 Å². The molecule has 0 radical (unpaired) electrons. The molecule has 0 atom stereocenters. The number of rotatable bonds is 0. The number of aromatic nitrogens is 4. The Morgan fingerprint density at radius 2 is 2.08 bits per heavy atom. The third-order valence-corrected chi connectivity index (χ3v) is 1.78. The zero-order valence-electron chi connectivity index (χ0n) is 6.90. The van der Waals surface area contributed by atoms with E-state index >= 15 is 0 Å². The number of nitrogens with zero attached hydrogens (tertiary/aromatic N) is 3. The number of imidazole rings is 1. The Hall–Kier alpha value is -2.05. The van der Waals surface area contributed by atoms with Crippen LogP contribution in [0.5, 0.6) is 0 Å². The van der Waals surface area contributed by atoms with Crippen LogP contribution >= 0.6 is 0 Å². The predicted molar refractivity (Wildman–Crippen MR) is 48.0 cm³/mol. The number of aromatic amines is 1. The standard InChI is InChI=1S/C6H8N6O/c1-12-3-2(9-6(12)8)4(13)11-5(7)10-3/h1H3,(H2,8,9)(H3,7,10,11,13). The molecular formula is C6H8N6O. The van der Waals surface area contributed by atoms with Crippen molar-refractivity contribution < 1.29 is 0 Å². The summed E-state index contributed by atoms with van der Waals surface area (Å²) in [7, 11) is 1.66. The highest BCUT2D eigenvalue weighted by Crippen LogP contribution is 2.09. The summed E-state index contributed by atoms with van der Waals surface area (Å²) in [4.78, 5) is 21.3. The smallest absolute Gasteiger partial charge is 0.280 e. The van der Waals surface area contributed by atoms with E-state index in [4.69, 9.17) is 11.5 Å². The molecule has 2 rings (SSSR count). The van der Waals surface area contributed by atoms with Gasteiger partial charge in [-0.1, -0.05) is 0 Å². The second-order valence-electron chi connectivity index (χ2n) is 2.65. The first-order valence-corrected chi connectivity index (χ1v) is 3.57. The molecule has 7 heteroatoms. The van der Waals surface area contributed by atoms with Crippen molar-refractivity contribution in [1.29, 1.82) is 0 Å². The SMILES string of the molecule is Cn1c(N)nc2c(=O)[nH]c(N)nc21. The van der Waals surface area contributed by atoms with E-state index in [2.05, 4.69) is 15.0 Å². The summed E-state index contributed by atoms with van der Waals surface area (Å²) < 4.78 is 1.50. The number of H-pyrrole nitrogens is 1. The molecular weight excluding hydrogens is 172 g/mol.